The van der Waals surface area contributed by atoms with E-state index in [1.54, 1.807) is 42.5 Å². The molecule has 2 fully saturated rings. The largest absolute Gasteiger partial charge is 0.494 e. The van der Waals surface area contributed by atoms with Gasteiger partial charge in [0.25, 0.3) is 0 Å². The third-order valence-corrected chi connectivity index (χ3v) is 7.96. The average Bonchev–Trinajstić information content (AvgIpc) is 3.37. The van der Waals surface area contributed by atoms with E-state index in [0.717, 1.165) is 57.5 Å². The topological polar surface area (TPSA) is 86.3 Å². The summed E-state index contributed by atoms with van der Waals surface area (Å²) in [4.78, 5) is 14.2. The van der Waals surface area contributed by atoms with E-state index in [2.05, 4.69) is 17.0 Å². The number of benzene rings is 2. The molecule has 1 aliphatic heterocycles. The Bertz CT molecular complexity index is 1150. The van der Waals surface area contributed by atoms with Gasteiger partial charge in [0.05, 0.1) is 29.7 Å². The molecule has 2 aromatic rings. The first-order chi connectivity index (χ1) is 18.0. The number of carbonyl (C=O) groups excluding carboxylic acids is 1. The molecule has 0 amide bonds. The molecule has 0 bridgehead atoms. The van der Waals surface area contributed by atoms with Crippen LogP contribution >= 0.6 is 0 Å². The van der Waals surface area contributed by atoms with Crippen LogP contribution in [0.25, 0.3) is 0 Å². The van der Waals surface area contributed by atoms with Crippen molar-refractivity contribution in [2.75, 3.05) is 26.2 Å². The predicted molar refractivity (Wildman–Crippen MR) is 137 cm³/mol. The number of rotatable bonds is 9. The highest BCUT2D eigenvalue weighted by Crippen LogP contribution is 2.51. The normalized spacial score (nSPS) is 21.9. The molecule has 3 unspecified atom stereocenters. The fraction of sp³-hybridized carbons (Fsp3) is 0.500. The lowest BCUT2D eigenvalue weighted by Gasteiger charge is -2.45. The Morgan fingerprint density at radius 1 is 1.08 bits per heavy atom. The molecule has 3 atom stereocenters. The fourth-order valence-corrected chi connectivity index (χ4v) is 6.27. The summed E-state index contributed by atoms with van der Waals surface area (Å²) in [6.07, 6.45) is 4.36. The molecule has 2 aliphatic rings. The van der Waals surface area contributed by atoms with Gasteiger partial charge in [-0.15, -0.1) is 0 Å². The zero-order chi connectivity index (χ0) is 26.3. The van der Waals surface area contributed by atoms with Crippen LogP contribution in [0.4, 0.5) is 4.39 Å². The maximum Gasteiger partial charge on any atom is 0.302 e. The smallest absolute Gasteiger partial charge is 0.302 e. The summed E-state index contributed by atoms with van der Waals surface area (Å²) in [5.74, 6) is -0.215. The third-order valence-electron chi connectivity index (χ3n) is 7.96. The number of nitriles is 2. The second-order valence-electron chi connectivity index (χ2n) is 10.1. The van der Waals surface area contributed by atoms with E-state index in [1.165, 1.54) is 13.0 Å². The second kappa shape index (κ2) is 12.2. The lowest BCUT2D eigenvalue weighted by atomic mass is 9.59. The quantitative estimate of drug-likeness (QED) is 0.338. The van der Waals surface area contributed by atoms with Crippen LogP contribution < -0.4 is 4.74 Å². The van der Waals surface area contributed by atoms with Crippen LogP contribution in [0.3, 0.4) is 0 Å². The molecule has 0 radical (unpaired) electrons. The number of nitrogens with zero attached hydrogens (tertiary/aromatic N) is 3. The summed E-state index contributed by atoms with van der Waals surface area (Å²) in [5, 5.41) is 19.6. The summed E-state index contributed by atoms with van der Waals surface area (Å²) in [6.45, 7) is 4.50. The van der Waals surface area contributed by atoms with Crippen LogP contribution in [-0.4, -0.2) is 43.2 Å². The van der Waals surface area contributed by atoms with Gasteiger partial charge < -0.3 is 14.4 Å². The minimum absolute atomic E-state index is 0.0262. The molecule has 6 nitrogen and oxygen atoms in total. The van der Waals surface area contributed by atoms with Crippen molar-refractivity contribution in [1.29, 1.82) is 10.5 Å². The zero-order valence-corrected chi connectivity index (χ0v) is 21.4. The molecule has 1 saturated heterocycles. The number of carbonyl (C=O) groups is 1. The summed E-state index contributed by atoms with van der Waals surface area (Å²) in [7, 11) is 0. The summed E-state index contributed by atoms with van der Waals surface area (Å²) in [6, 6.07) is 18.4. The van der Waals surface area contributed by atoms with Crippen molar-refractivity contribution in [1.82, 2.24) is 4.90 Å². The molecule has 2 aromatic carbocycles. The van der Waals surface area contributed by atoms with Crippen LogP contribution in [0.1, 0.15) is 56.6 Å². The minimum Gasteiger partial charge on any atom is -0.494 e. The number of ether oxygens (including phenoxy) is 2. The van der Waals surface area contributed by atoms with Crippen LogP contribution in [0.15, 0.2) is 48.5 Å². The van der Waals surface area contributed by atoms with E-state index in [4.69, 9.17) is 14.7 Å². The summed E-state index contributed by atoms with van der Waals surface area (Å²) < 4.78 is 26.7. The third kappa shape index (κ3) is 5.95. The van der Waals surface area contributed by atoms with E-state index < -0.39 is 5.41 Å². The van der Waals surface area contributed by atoms with Gasteiger partial charge in [-0.25, -0.2) is 4.39 Å². The highest BCUT2D eigenvalue weighted by Gasteiger charge is 2.54. The Kier molecular flexibility index (Phi) is 8.79. The number of likely N-dealkylation sites (tertiary alicyclic amines) is 1. The first kappa shape index (κ1) is 26.6. The minimum atomic E-state index is -1.03. The van der Waals surface area contributed by atoms with Crippen LogP contribution in [0, 0.1) is 40.3 Å². The molecular formula is C30H34FN3O3. The van der Waals surface area contributed by atoms with E-state index in [-0.39, 0.29) is 29.7 Å². The van der Waals surface area contributed by atoms with E-state index in [9.17, 15) is 10.1 Å². The Hall–Kier alpha value is -3.42. The predicted octanol–water partition coefficient (Wildman–Crippen LogP) is 5.37. The molecular weight excluding hydrogens is 469 g/mol. The van der Waals surface area contributed by atoms with Crippen LogP contribution in [-0.2, 0) is 14.9 Å². The van der Waals surface area contributed by atoms with Gasteiger partial charge >= 0.3 is 5.97 Å². The number of esters is 1. The Morgan fingerprint density at radius 3 is 2.46 bits per heavy atom. The Balaban J connectivity index is 1.42. The van der Waals surface area contributed by atoms with E-state index in [0.29, 0.717) is 24.2 Å². The first-order valence-electron chi connectivity index (χ1n) is 13.2. The lowest BCUT2D eigenvalue weighted by molar-refractivity contribution is -0.149. The fourth-order valence-electron chi connectivity index (χ4n) is 6.27. The van der Waals surface area contributed by atoms with Crippen molar-refractivity contribution < 1.29 is 18.7 Å². The maximum absolute atomic E-state index is 15.2. The van der Waals surface area contributed by atoms with E-state index >= 15 is 4.39 Å². The van der Waals surface area contributed by atoms with Gasteiger partial charge in [-0.3, -0.25) is 4.79 Å². The SMILES string of the molecule is CC(=O)OC1CCCC1C(C#N)(c1ccccc1F)C1CCN(CCCOc2ccc(C#N)cc2)CC1. The van der Waals surface area contributed by atoms with Gasteiger partial charge in [-0.2, -0.15) is 10.5 Å². The van der Waals surface area contributed by atoms with Crippen molar-refractivity contribution in [2.45, 2.75) is 57.0 Å². The molecule has 37 heavy (non-hydrogen) atoms. The van der Waals surface area contributed by atoms with Crippen molar-refractivity contribution in [2.24, 2.45) is 11.8 Å². The molecule has 1 aliphatic carbocycles. The Labute approximate surface area is 218 Å². The molecule has 194 valence electrons. The Morgan fingerprint density at radius 2 is 1.81 bits per heavy atom. The number of halogens is 1. The summed E-state index contributed by atoms with van der Waals surface area (Å²) >= 11 is 0. The molecule has 0 aromatic heterocycles. The van der Waals surface area contributed by atoms with Crippen molar-refractivity contribution in [3.8, 4) is 17.9 Å². The van der Waals surface area contributed by atoms with E-state index in [1.807, 2.05) is 0 Å². The van der Waals surface area contributed by atoms with Crippen molar-refractivity contribution in [3.05, 3.63) is 65.5 Å². The molecule has 1 saturated carbocycles. The van der Waals surface area contributed by atoms with Gasteiger partial charge in [-0.05, 0) is 87.9 Å². The number of hydrogen-bond acceptors (Lipinski definition) is 6. The monoisotopic (exact) mass is 503 g/mol. The molecule has 4 rings (SSSR count). The first-order valence-corrected chi connectivity index (χ1v) is 13.2. The van der Waals surface area contributed by atoms with Crippen molar-refractivity contribution >= 4 is 5.97 Å². The second-order valence-corrected chi connectivity index (χ2v) is 10.1. The van der Waals surface area contributed by atoms with Gasteiger partial charge in [0.15, 0.2) is 0 Å². The highest BCUT2D eigenvalue weighted by atomic mass is 19.1. The highest BCUT2D eigenvalue weighted by molar-refractivity contribution is 5.66. The van der Waals surface area contributed by atoms with Gasteiger partial charge in [0, 0.05) is 24.9 Å². The molecule has 1 heterocycles. The lowest BCUT2D eigenvalue weighted by Crippen LogP contribution is -2.50. The average molecular weight is 504 g/mol. The van der Waals surface area contributed by atoms with Gasteiger partial charge in [-0.1, -0.05) is 18.2 Å². The number of hydrogen-bond donors (Lipinski definition) is 0. The van der Waals surface area contributed by atoms with Gasteiger partial charge in [0.2, 0.25) is 0 Å². The number of piperidine rings is 1. The molecule has 7 heteroatoms. The standard InChI is InChI=1S/C30H34FN3O3/c1-22(35)37-29-9-4-7-27(29)30(21-33,26-6-2-3-8-28(26)31)24-14-17-34(18-15-24)16-5-19-36-25-12-10-23(20-32)11-13-25/h2-3,6,8,10-13,24,27,29H,4-5,7,9,14-19H2,1H3. The van der Waals surface area contributed by atoms with Crippen LogP contribution in [0.5, 0.6) is 5.75 Å². The van der Waals surface area contributed by atoms with Gasteiger partial charge in [0.1, 0.15) is 17.7 Å². The molecule has 0 spiro atoms. The summed E-state index contributed by atoms with van der Waals surface area (Å²) in [5.41, 5.74) is 0.0129. The van der Waals surface area contributed by atoms with Crippen molar-refractivity contribution in [3.63, 3.8) is 0 Å². The zero-order valence-electron chi connectivity index (χ0n) is 21.4. The molecule has 0 N–H and O–H groups in total. The van der Waals surface area contributed by atoms with Crippen LogP contribution in [0.2, 0.25) is 0 Å². The maximum atomic E-state index is 15.2.